The molecule has 0 aliphatic heterocycles. The fourth-order valence-electron chi connectivity index (χ4n) is 3.22. The van der Waals surface area contributed by atoms with Gasteiger partial charge in [-0.25, -0.2) is 4.79 Å². The van der Waals surface area contributed by atoms with Gasteiger partial charge in [0.1, 0.15) is 10.6 Å². The highest BCUT2D eigenvalue weighted by molar-refractivity contribution is 7.14. The largest absolute Gasteiger partial charge is 0.495 e. The molecule has 1 heterocycles. The van der Waals surface area contributed by atoms with Gasteiger partial charge in [0.25, 0.3) is 11.6 Å². The molecule has 8 nitrogen and oxygen atoms in total. The summed E-state index contributed by atoms with van der Waals surface area (Å²) in [5.74, 6) is -0.295. The zero-order valence-corrected chi connectivity index (χ0v) is 17.2. The minimum absolute atomic E-state index is 0.134. The van der Waals surface area contributed by atoms with Gasteiger partial charge in [0.15, 0.2) is 6.10 Å². The van der Waals surface area contributed by atoms with Crippen LogP contribution in [0.25, 0.3) is 0 Å². The van der Waals surface area contributed by atoms with Crippen LogP contribution in [0.15, 0.2) is 24.3 Å². The Morgan fingerprint density at radius 2 is 2.10 bits per heavy atom. The van der Waals surface area contributed by atoms with E-state index in [4.69, 9.17) is 9.47 Å². The summed E-state index contributed by atoms with van der Waals surface area (Å²) in [5.41, 5.74) is 1.12. The molecule has 0 saturated heterocycles. The number of fused-ring (bicyclic) bond motifs is 1. The molecule has 0 spiro atoms. The van der Waals surface area contributed by atoms with Gasteiger partial charge in [0.05, 0.1) is 17.7 Å². The number of nitro groups is 1. The lowest BCUT2D eigenvalue weighted by atomic mass is 9.90. The van der Waals surface area contributed by atoms with E-state index in [0.717, 1.165) is 19.3 Å². The van der Waals surface area contributed by atoms with Crippen molar-refractivity contribution in [1.82, 2.24) is 0 Å². The van der Waals surface area contributed by atoms with E-state index in [0.29, 0.717) is 10.8 Å². The standard InChI is InChI=1S/C20H22N2O6S/c1-11-4-7-17-13(8-11)9-18(29-17)20(24)28-12(2)19(23)21-15-10-14(22(25)26)5-6-16(15)27-3/h5-6,9-12H,4,7-8H2,1-3H3,(H,21,23)/t11-,12+/m0/s1. The number of anilines is 1. The zero-order chi connectivity index (χ0) is 21.1. The molecule has 1 N–H and O–H groups in total. The Kier molecular flexibility index (Phi) is 6.17. The lowest BCUT2D eigenvalue weighted by molar-refractivity contribution is -0.384. The highest BCUT2D eigenvalue weighted by Crippen LogP contribution is 2.33. The van der Waals surface area contributed by atoms with Crippen LogP contribution < -0.4 is 10.1 Å². The highest BCUT2D eigenvalue weighted by Gasteiger charge is 2.25. The third kappa shape index (κ3) is 4.73. The van der Waals surface area contributed by atoms with Crippen LogP contribution in [-0.2, 0) is 22.4 Å². The molecule has 2 atom stereocenters. The van der Waals surface area contributed by atoms with Crippen LogP contribution in [0.3, 0.4) is 0 Å². The molecule has 9 heteroatoms. The van der Waals surface area contributed by atoms with Crippen LogP contribution in [0.1, 0.15) is 40.4 Å². The molecule has 1 amide bonds. The number of hydrogen-bond donors (Lipinski definition) is 1. The Bertz CT molecular complexity index is 954. The normalized spacial score (nSPS) is 16.4. The third-order valence-corrected chi connectivity index (χ3v) is 6.05. The minimum atomic E-state index is -1.08. The molecule has 1 aromatic heterocycles. The van der Waals surface area contributed by atoms with Crippen molar-refractivity contribution >= 4 is 34.6 Å². The van der Waals surface area contributed by atoms with Crippen molar-refractivity contribution in [1.29, 1.82) is 0 Å². The molecular weight excluding hydrogens is 396 g/mol. The second-order valence-electron chi connectivity index (χ2n) is 7.09. The summed E-state index contributed by atoms with van der Waals surface area (Å²) in [6.07, 6.45) is 1.93. The van der Waals surface area contributed by atoms with Crippen molar-refractivity contribution < 1.29 is 24.0 Å². The van der Waals surface area contributed by atoms with Gasteiger partial charge in [-0.2, -0.15) is 0 Å². The number of non-ortho nitro benzene ring substituents is 1. The molecule has 0 unspecified atom stereocenters. The lowest BCUT2D eigenvalue weighted by Gasteiger charge is -2.16. The van der Waals surface area contributed by atoms with Crippen molar-refractivity contribution in [3.05, 3.63) is 49.7 Å². The molecule has 1 aromatic carbocycles. The number of nitrogens with zero attached hydrogens (tertiary/aromatic N) is 1. The van der Waals surface area contributed by atoms with Gasteiger partial charge >= 0.3 is 5.97 Å². The number of methoxy groups -OCH3 is 1. The van der Waals surface area contributed by atoms with Crippen molar-refractivity contribution in [2.24, 2.45) is 5.92 Å². The molecule has 154 valence electrons. The maximum Gasteiger partial charge on any atom is 0.349 e. The Balaban J connectivity index is 1.67. The third-order valence-electron chi connectivity index (χ3n) is 4.84. The first-order valence-electron chi connectivity index (χ1n) is 9.24. The molecule has 1 aliphatic rings. The molecule has 0 radical (unpaired) electrons. The van der Waals surface area contributed by atoms with Crippen LogP contribution >= 0.6 is 11.3 Å². The van der Waals surface area contributed by atoms with Crippen LogP contribution in [-0.4, -0.2) is 30.0 Å². The van der Waals surface area contributed by atoms with Crippen molar-refractivity contribution in [2.75, 3.05) is 12.4 Å². The maximum atomic E-state index is 12.5. The summed E-state index contributed by atoms with van der Waals surface area (Å²) in [4.78, 5) is 37.0. The van der Waals surface area contributed by atoms with Crippen molar-refractivity contribution in [3.8, 4) is 5.75 Å². The summed E-state index contributed by atoms with van der Waals surface area (Å²) in [6, 6.07) is 5.71. The van der Waals surface area contributed by atoms with E-state index in [2.05, 4.69) is 12.2 Å². The minimum Gasteiger partial charge on any atom is -0.495 e. The molecule has 3 rings (SSSR count). The van der Waals surface area contributed by atoms with Gasteiger partial charge in [0, 0.05) is 17.0 Å². The fraction of sp³-hybridized carbons (Fsp3) is 0.400. The number of nitro benzene ring substituents is 1. The SMILES string of the molecule is COc1ccc([N+](=O)[O-])cc1NC(=O)[C@@H](C)OC(=O)c1cc2c(s1)CC[C@H](C)C2. The number of thiophene rings is 1. The molecule has 29 heavy (non-hydrogen) atoms. The molecular formula is C20H22N2O6S. The van der Waals surface area contributed by atoms with Gasteiger partial charge in [-0.15, -0.1) is 11.3 Å². The van der Waals surface area contributed by atoms with Crippen LogP contribution in [0.4, 0.5) is 11.4 Å². The summed E-state index contributed by atoms with van der Waals surface area (Å²) >= 11 is 1.41. The molecule has 0 bridgehead atoms. The topological polar surface area (TPSA) is 108 Å². The second kappa shape index (κ2) is 8.60. The number of hydrogen-bond acceptors (Lipinski definition) is 7. The number of carbonyl (C=O) groups excluding carboxylic acids is 2. The Hall–Kier alpha value is -2.94. The average Bonchev–Trinajstić information content (AvgIpc) is 3.11. The number of ether oxygens (including phenoxy) is 2. The van der Waals surface area contributed by atoms with Crippen LogP contribution in [0.2, 0.25) is 0 Å². The average molecular weight is 418 g/mol. The second-order valence-corrected chi connectivity index (χ2v) is 8.22. The maximum absolute atomic E-state index is 12.5. The molecule has 1 aliphatic carbocycles. The van der Waals surface area contributed by atoms with Crippen LogP contribution in [0, 0.1) is 16.0 Å². The fourth-order valence-corrected chi connectivity index (χ4v) is 4.31. The Labute approximate surface area is 172 Å². The van der Waals surface area contributed by atoms with E-state index < -0.39 is 22.9 Å². The van der Waals surface area contributed by atoms with E-state index in [-0.39, 0.29) is 17.1 Å². The van der Waals surface area contributed by atoms with Gasteiger partial charge < -0.3 is 14.8 Å². The predicted molar refractivity (Wildman–Crippen MR) is 109 cm³/mol. The number of amides is 1. The van der Waals surface area contributed by atoms with E-state index in [1.807, 2.05) is 6.07 Å². The van der Waals surface area contributed by atoms with E-state index >= 15 is 0 Å². The Morgan fingerprint density at radius 3 is 2.79 bits per heavy atom. The van der Waals surface area contributed by atoms with Crippen molar-refractivity contribution in [2.45, 2.75) is 39.2 Å². The Morgan fingerprint density at radius 1 is 1.34 bits per heavy atom. The van der Waals surface area contributed by atoms with Crippen molar-refractivity contribution in [3.63, 3.8) is 0 Å². The zero-order valence-electron chi connectivity index (χ0n) is 16.4. The number of esters is 1. The molecule has 2 aromatic rings. The summed E-state index contributed by atoms with van der Waals surface area (Å²) in [6.45, 7) is 3.64. The predicted octanol–water partition coefficient (Wildman–Crippen LogP) is 3.97. The van der Waals surface area contributed by atoms with E-state index in [9.17, 15) is 19.7 Å². The molecule has 0 fully saturated rings. The number of aryl methyl sites for hydroxylation is 1. The number of carbonyl (C=O) groups is 2. The van der Waals surface area contributed by atoms with Gasteiger partial charge in [-0.1, -0.05) is 6.92 Å². The van der Waals surface area contributed by atoms with Crippen LogP contribution in [0.5, 0.6) is 5.75 Å². The molecule has 0 saturated carbocycles. The van der Waals surface area contributed by atoms with E-state index in [1.165, 1.54) is 54.0 Å². The number of nitrogens with one attached hydrogen (secondary N) is 1. The first kappa shape index (κ1) is 20.8. The lowest BCUT2D eigenvalue weighted by Crippen LogP contribution is -2.30. The first-order valence-corrected chi connectivity index (χ1v) is 10.1. The quantitative estimate of drug-likeness (QED) is 0.432. The summed E-state index contributed by atoms with van der Waals surface area (Å²) in [5, 5.41) is 13.5. The first-order chi connectivity index (χ1) is 13.8. The van der Waals surface area contributed by atoms with Gasteiger partial charge in [-0.3, -0.25) is 14.9 Å². The smallest absolute Gasteiger partial charge is 0.349 e. The number of benzene rings is 1. The number of rotatable bonds is 6. The monoisotopic (exact) mass is 418 g/mol. The highest BCUT2D eigenvalue weighted by atomic mass is 32.1. The van der Waals surface area contributed by atoms with Gasteiger partial charge in [0.2, 0.25) is 0 Å². The van der Waals surface area contributed by atoms with E-state index in [1.54, 1.807) is 0 Å². The summed E-state index contributed by atoms with van der Waals surface area (Å²) < 4.78 is 10.4. The summed E-state index contributed by atoms with van der Waals surface area (Å²) in [7, 11) is 1.39. The van der Waals surface area contributed by atoms with Gasteiger partial charge in [-0.05, 0) is 49.8 Å².